The van der Waals surface area contributed by atoms with Crippen molar-refractivity contribution in [3.63, 3.8) is 0 Å². The van der Waals surface area contributed by atoms with Crippen molar-refractivity contribution in [2.45, 2.75) is 31.1 Å². The fourth-order valence-electron chi connectivity index (χ4n) is 4.11. The molecule has 0 radical (unpaired) electrons. The summed E-state index contributed by atoms with van der Waals surface area (Å²) < 4.78 is 11.6. The Labute approximate surface area is 146 Å². The van der Waals surface area contributed by atoms with Crippen LogP contribution in [0.5, 0.6) is 5.75 Å². The molecule has 0 aromatic heterocycles. The summed E-state index contributed by atoms with van der Waals surface area (Å²) >= 11 is 0. The molecule has 1 aromatic carbocycles. The number of likely N-dealkylation sites (N-methyl/N-ethyl adjacent to an activating group) is 1. The lowest BCUT2D eigenvalue weighted by Gasteiger charge is -2.39. The molecular formula is C20H32N2O2. The van der Waals surface area contributed by atoms with Gasteiger partial charge in [-0.2, -0.15) is 0 Å². The van der Waals surface area contributed by atoms with Crippen molar-refractivity contribution in [2.75, 3.05) is 60.1 Å². The van der Waals surface area contributed by atoms with Gasteiger partial charge in [-0.3, -0.25) is 4.90 Å². The number of nitrogens with zero attached hydrogens (tertiary/aromatic N) is 2. The molecule has 134 valence electrons. The summed E-state index contributed by atoms with van der Waals surface area (Å²) in [5.74, 6) is 0.991. The maximum atomic E-state index is 5.95. The molecule has 24 heavy (non-hydrogen) atoms. The molecule has 0 spiro atoms. The number of hydrogen-bond donors (Lipinski definition) is 0. The van der Waals surface area contributed by atoms with Gasteiger partial charge in [-0.05, 0) is 70.6 Å². The van der Waals surface area contributed by atoms with Gasteiger partial charge in [0, 0.05) is 31.7 Å². The molecule has 2 fully saturated rings. The molecule has 0 amide bonds. The smallest absolute Gasteiger partial charge is 0.119 e. The lowest BCUT2D eigenvalue weighted by molar-refractivity contribution is 0.0401. The minimum absolute atomic E-state index is 0.218. The van der Waals surface area contributed by atoms with Crippen molar-refractivity contribution in [3.8, 4) is 5.75 Å². The molecule has 2 heterocycles. The summed E-state index contributed by atoms with van der Waals surface area (Å²) in [6, 6.07) is 8.82. The second kappa shape index (κ2) is 8.32. The number of benzene rings is 1. The number of rotatable bonds is 7. The predicted octanol–water partition coefficient (Wildman–Crippen LogP) is 2.77. The minimum Gasteiger partial charge on any atom is -0.492 e. The summed E-state index contributed by atoms with van der Waals surface area (Å²) in [7, 11) is 4.32. The van der Waals surface area contributed by atoms with Crippen LogP contribution < -0.4 is 4.74 Å². The second-order valence-electron chi connectivity index (χ2n) is 7.55. The van der Waals surface area contributed by atoms with Gasteiger partial charge in [-0.15, -0.1) is 0 Å². The number of hydrogen-bond acceptors (Lipinski definition) is 4. The van der Waals surface area contributed by atoms with Gasteiger partial charge in [0.2, 0.25) is 0 Å². The lowest BCUT2D eigenvalue weighted by atomic mass is 9.74. The normalized spacial score (nSPS) is 21.3. The van der Waals surface area contributed by atoms with Crippen LogP contribution in [0.2, 0.25) is 0 Å². The van der Waals surface area contributed by atoms with Gasteiger partial charge >= 0.3 is 0 Å². The molecule has 0 aliphatic carbocycles. The van der Waals surface area contributed by atoms with E-state index in [0.717, 1.165) is 51.5 Å². The van der Waals surface area contributed by atoms with Crippen molar-refractivity contribution in [3.05, 3.63) is 29.8 Å². The van der Waals surface area contributed by atoms with Gasteiger partial charge in [0.25, 0.3) is 0 Å². The first-order chi connectivity index (χ1) is 11.7. The Balaban J connectivity index is 1.59. The number of ether oxygens (including phenoxy) is 2. The van der Waals surface area contributed by atoms with E-state index < -0.39 is 0 Å². The SMILES string of the molecule is CN(C)CC1(c2ccc(OCCN3CCCC3)cc2)CCOCC1. The van der Waals surface area contributed by atoms with Crippen LogP contribution in [-0.2, 0) is 10.2 Å². The fraction of sp³-hybridized carbons (Fsp3) is 0.700. The van der Waals surface area contributed by atoms with Crippen LogP contribution >= 0.6 is 0 Å². The van der Waals surface area contributed by atoms with Crippen LogP contribution in [0.3, 0.4) is 0 Å². The summed E-state index contributed by atoms with van der Waals surface area (Å²) in [6.45, 7) is 7.10. The maximum absolute atomic E-state index is 5.95. The molecule has 3 rings (SSSR count). The quantitative estimate of drug-likeness (QED) is 0.766. The third kappa shape index (κ3) is 4.50. The van der Waals surface area contributed by atoms with Gasteiger partial charge in [0.15, 0.2) is 0 Å². The van der Waals surface area contributed by atoms with E-state index in [1.807, 2.05) is 0 Å². The molecule has 2 aliphatic heterocycles. The number of likely N-dealkylation sites (tertiary alicyclic amines) is 1. The molecule has 0 saturated carbocycles. The highest BCUT2D eigenvalue weighted by atomic mass is 16.5. The van der Waals surface area contributed by atoms with E-state index in [4.69, 9.17) is 9.47 Å². The molecular weight excluding hydrogens is 300 g/mol. The van der Waals surface area contributed by atoms with Crippen LogP contribution in [0.4, 0.5) is 0 Å². The molecule has 0 atom stereocenters. The Bertz CT molecular complexity index is 489. The van der Waals surface area contributed by atoms with E-state index in [0.29, 0.717) is 0 Å². The second-order valence-corrected chi connectivity index (χ2v) is 7.55. The van der Waals surface area contributed by atoms with Gasteiger partial charge in [0.1, 0.15) is 12.4 Å². The van der Waals surface area contributed by atoms with Gasteiger partial charge in [-0.25, -0.2) is 0 Å². The third-order valence-electron chi connectivity index (χ3n) is 5.41. The average Bonchev–Trinajstić information content (AvgIpc) is 3.09. The first kappa shape index (κ1) is 17.7. The standard InChI is InChI=1S/C20H32N2O2/c1-21(2)17-20(9-14-23-15-10-20)18-5-7-19(8-6-18)24-16-13-22-11-3-4-12-22/h5-8H,3-4,9-17H2,1-2H3. The Morgan fingerprint density at radius 3 is 2.38 bits per heavy atom. The van der Waals surface area contributed by atoms with Gasteiger partial charge in [-0.1, -0.05) is 12.1 Å². The first-order valence-electron chi connectivity index (χ1n) is 9.36. The largest absolute Gasteiger partial charge is 0.492 e. The summed E-state index contributed by atoms with van der Waals surface area (Å²) in [5, 5.41) is 0. The predicted molar refractivity (Wildman–Crippen MR) is 97.9 cm³/mol. The van der Waals surface area contributed by atoms with Crippen LogP contribution in [0.25, 0.3) is 0 Å². The van der Waals surface area contributed by atoms with E-state index in [1.165, 1.54) is 31.5 Å². The Morgan fingerprint density at radius 1 is 1.08 bits per heavy atom. The summed E-state index contributed by atoms with van der Waals surface area (Å²) in [4.78, 5) is 4.79. The topological polar surface area (TPSA) is 24.9 Å². The highest BCUT2D eigenvalue weighted by Crippen LogP contribution is 2.36. The van der Waals surface area contributed by atoms with Gasteiger partial charge in [0.05, 0.1) is 0 Å². The zero-order chi connectivity index (χ0) is 16.8. The molecule has 2 saturated heterocycles. The third-order valence-corrected chi connectivity index (χ3v) is 5.41. The Hall–Kier alpha value is -1.10. The van der Waals surface area contributed by atoms with Crippen LogP contribution in [0, 0.1) is 0 Å². The maximum Gasteiger partial charge on any atom is 0.119 e. The van der Waals surface area contributed by atoms with E-state index in [1.54, 1.807) is 0 Å². The van der Waals surface area contributed by atoms with Crippen LogP contribution in [0.1, 0.15) is 31.2 Å². The van der Waals surface area contributed by atoms with Crippen molar-refractivity contribution in [1.29, 1.82) is 0 Å². The minimum atomic E-state index is 0.218. The fourth-order valence-corrected chi connectivity index (χ4v) is 4.11. The Kier molecular flexibility index (Phi) is 6.14. The molecule has 4 heteroatoms. The molecule has 4 nitrogen and oxygen atoms in total. The van der Waals surface area contributed by atoms with E-state index >= 15 is 0 Å². The van der Waals surface area contributed by atoms with Crippen LogP contribution in [-0.4, -0.2) is 69.9 Å². The highest BCUT2D eigenvalue weighted by Gasteiger charge is 2.34. The summed E-state index contributed by atoms with van der Waals surface area (Å²) in [5.41, 5.74) is 1.64. The Morgan fingerprint density at radius 2 is 1.75 bits per heavy atom. The molecule has 2 aliphatic rings. The zero-order valence-corrected chi connectivity index (χ0v) is 15.3. The summed E-state index contributed by atoms with van der Waals surface area (Å²) in [6.07, 6.45) is 4.87. The van der Waals surface area contributed by atoms with Crippen molar-refractivity contribution in [2.24, 2.45) is 0 Å². The van der Waals surface area contributed by atoms with Crippen molar-refractivity contribution >= 4 is 0 Å². The molecule has 0 unspecified atom stereocenters. The average molecular weight is 332 g/mol. The van der Waals surface area contributed by atoms with Gasteiger partial charge < -0.3 is 14.4 Å². The monoisotopic (exact) mass is 332 g/mol. The highest BCUT2D eigenvalue weighted by molar-refractivity contribution is 5.33. The molecule has 0 N–H and O–H groups in total. The van der Waals surface area contributed by atoms with Crippen molar-refractivity contribution in [1.82, 2.24) is 9.80 Å². The van der Waals surface area contributed by atoms with E-state index in [9.17, 15) is 0 Å². The zero-order valence-electron chi connectivity index (χ0n) is 15.3. The van der Waals surface area contributed by atoms with Crippen LogP contribution in [0.15, 0.2) is 24.3 Å². The lowest BCUT2D eigenvalue weighted by Crippen LogP contribution is -2.42. The van der Waals surface area contributed by atoms with Crippen molar-refractivity contribution < 1.29 is 9.47 Å². The van der Waals surface area contributed by atoms with E-state index in [-0.39, 0.29) is 5.41 Å². The van der Waals surface area contributed by atoms with E-state index in [2.05, 4.69) is 48.2 Å². The molecule has 1 aromatic rings. The first-order valence-corrected chi connectivity index (χ1v) is 9.36. The molecule has 0 bridgehead atoms.